The average molecular weight is 526 g/mol. The summed E-state index contributed by atoms with van der Waals surface area (Å²) < 4.78 is 32.1. The molecule has 0 N–H and O–H groups in total. The Labute approximate surface area is 227 Å². The van der Waals surface area contributed by atoms with Crippen LogP contribution in [0, 0.1) is 0 Å². The van der Waals surface area contributed by atoms with Crippen LogP contribution in [0.15, 0.2) is 89.3 Å². The molecule has 2 heterocycles. The number of hydrogen-bond acceptors (Lipinski definition) is 4. The van der Waals surface area contributed by atoms with Crippen molar-refractivity contribution in [3.63, 3.8) is 0 Å². The summed E-state index contributed by atoms with van der Waals surface area (Å²) >= 11 is 0. The third kappa shape index (κ3) is 5.21. The van der Waals surface area contributed by atoms with Crippen LogP contribution in [0.25, 0.3) is 32.7 Å². The number of carbonyl (C=O) groups is 1. The Morgan fingerprint density at radius 3 is 2.67 bits per heavy atom. The molecular weight excluding hydrogens is 493 g/mol. The number of ether oxygens (including phenoxy) is 2. The highest BCUT2D eigenvalue weighted by Crippen LogP contribution is 2.39. The SMILES string of the molecule is CCCC(F)OC(=O)N1CC[C@H](c2cccc3c2oc2ccccc23)[C@@H](OCc2ccc3ccccc3c2)C1. The van der Waals surface area contributed by atoms with E-state index in [1.54, 1.807) is 4.90 Å². The predicted molar refractivity (Wildman–Crippen MR) is 151 cm³/mol. The summed E-state index contributed by atoms with van der Waals surface area (Å²) in [5.41, 5.74) is 3.82. The highest BCUT2D eigenvalue weighted by atomic mass is 19.1. The largest absolute Gasteiger partial charge is 0.456 e. The Hall–Kier alpha value is -3.90. The van der Waals surface area contributed by atoms with Crippen molar-refractivity contribution in [2.24, 2.45) is 0 Å². The number of hydrogen-bond donors (Lipinski definition) is 0. The van der Waals surface area contributed by atoms with E-state index in [-0.39, 0.29) is 18.4 Å². The van der Waals surface area contributed by atoms with Gasteiger partial charge >= 0.3 is 6.09 Å². The molecule has 1 amide bonds. The molecule has 1 aromatic heterocycles. The zero-order chi connectivity index (χ0) is 26.8. The normalized spacial score (nSPS) is 18.6. The van der Waals surface area contributed by atoms with Crippen molar-refractivity contribution in [3.05, 3.63) is 96.1 Å². The van der Waals surface area contributed by atoms with Gasteiger partial charge in [-0.2, -0.15) is 0 Å². The highest BCUT2D eigenvalue weighted by molar-refractivity contribution is 6.05. The van der Waals surface area contributed by atoms with Crippen molar-refractivity contribution < 1.29 is 23.1 Å². The van der Waals surface area contributed by atoms with E-state index in [9.17, 15) is 9.18 Å². The van der Waals surface area contributed by atoms with Crippen LogP contribution < -0.4 is 0 Å². The number of fused-ring (bicyclic) bond motifs is 4. The number of likely N-dealkylation sites (tertiary alicyclic amines) is 1. The van der Waals surface area contributed by atoms with E-state index in [0.717, 1.165) is 38.5 Å². The first-order valence-electron chi connectivity index (χ1n) is 13.7. The van der Waals surface area contributed by atoms with Gasteiger partial charge in [0.05, 0.1) is 19.3 Å². The quantitative estimate of drug-likeness (QED) is 0.214. The number of furan rings is 1. The molecule has 0 radical (unpaired) electrons. The molecule has 3 atom stereocenters. The van der Waals surface area contributed by atoms with Crippen LogP contribution in [0.3, 0.4) is 0 Å². The second-order valence-electron chi connectivity index (χ2n) is 10.3. The minimum Gasteiger partial charge on any atom is -0.456 e. The third-order valence-corrected chi connectivity index (χ3v) is 7.67. The van der Waals surface area contributed by atoms with Gasteiger partial charge in [-0.15, -0.1) is 0 Å². The molecule has 0 spiro atoms. The van der Waals surface area contributed by atoms with E-state index >= 15 is 0 Å². The van der Waals surface area contributed by atoms with Gasteiger partial charge in [-0.1, -0.05) is 79.7 Å². The monoisotopic (exact) mass is 525 g/mol. The maximum absolute atomic E-state index is 14.1. The molecule has 1 fully saturated rings. The van der Waals surface area contributed by atoms with E-state index in [2.05, 4.69) is 54.6 Å². The topological polar surface area (TPSA) is 51.9 Å². The molecule has 4 aromatic carbocycles. The predicted octanol–water partition coefficient (Wildman–Crippen LogP) is 8.35. The number of alkyl halides is 1. The second-order valence-corrected chi connectivity index (χ2v) is 10.3. The minimum absolute atomic E-state index is 0.00409. The summed E-state index contributed by atoms with van der Waals surface area (Å²) in [4.78, 5) is 14.4. The van der Waals surface area contributed by atoms with Crippen molar-refractivity contribution in [1.29, 1.82) is 0 Å². The molecule has 6 heteroatoms. The molecule has 6 rings (SSSR count). The Bertz CT molecular complexity index is 1610. The van der Waals surface area contributed by atoms with Gasteiger partial charge in [0.2, 0.25) is 6.36 Å². The lowest BCUT2D eigenvalue weighted by Crippen LogP contribution is -2.47. The highest BCUT2D eigenvalue weighted by Gasteiger charge is 2.36. The Morgan fingerprint density at radius 2 is 1.79 bits per heavy atom. The van der Waals surface area contributed by atoms with E-state index in [1.165, 1.54) is 5.39 Å². The van der Waals surface area contributed by atoms with Crippen LogP contribution in [0.4, 0.5) is 9.18 Å². The van der Waals surface area contributed by atoms with E-state index in [4.69, 9.17) is 13.9 Å². The zero-order valence-corrected chi connectivity index (χ0v) is 22.0. The summed E-state index contributed by atoms with van der Waals surface area (Å²) in [5.74, 6) is -0.00409. The fourth-order valence-corrected chi connectivity index (χ4v) is 5.67. The standard InChI is InChI=1S/C33H32FNO4/c1-2-8-31(34)39-33(36)35-18-17-26(28-13-7-12-27-25-11-5-6-14-29(25)38-32(27)28)30(20-35)37-21-22-15-16-23-9-3-4-10-24(23)19-22/h3-7,9-16,19,26,30-31H,2,8,17-18,20-21H2,1H3/t26-,30+,31?/m1/s1. The summed E-state index contributed by atoms with van der Waals surface area (Å²) in [6.45, 7) is 3.02. The van der Waals surface area contributed by atoms with Gasteiger partial charge in [-0.25, -0.2) is 9.18 Å². The molecule has 39 heavy (non-hydrogen) atoms. The molecule has 0 saturated carbocycles. The van der Waals surface area contributed by atoms with Crippen molar-refractivity contribution in [1.82, 2.24) is 4.90 Å². The Kier molecular flexibility index (Phi) is 7.20. The molecule has 1 saturated heterocycles. The second kappa shape index (κ2) is 11.1. The van der Waals surface area contributed by atoms with Gasteiger partial charge in [0, 0.05) is 35.2 Å². The smallest absolute Gasteiger partial charge is 0.412 e. The number of piperidine rings is 1. The Balaban J connectivity index is 1.29. The van der Waals surface area contributed by atoms with Crippen LogP contribution in [0.1, 0.15) is 43.2 Å². The van der Waals surface area contributed by atoms with Crippen molar-refractivity contribution in [3.8, 4) is 0 Å². The fourth-order valence-electron chi connectivity index (χ4n) is 5.67. The lowest BCUT2D eigenvalue weighted by molar-refractivity contribution is -0.0461. The number of amides is 1. The van der Waals surface area contributed by atoms with Crippen LogP contribution in [-0.2, 0) is 16.1 Å². The maximum atomic E-state index is 14.1. The van der Waals surface area contributed by atoms with Gasteiger partial charge in [0.15, 0.2) is 0 Å². The number of para-hydroxylation sites is 2. The first-order valence-corrected chi connectivity index (χ1v) is 13.7. The summed E-state index contributed by atoms with van der Waals surface area (Å²) in [6.07, 6.45) is -1.09. The van der Waals surface area contributed by atoms with Crippen molar-refractivity contribution in [2.75, 3.05) is 13.1 Å². The van der Waals surface area contributed by atoms with Crippen LogP contribution in [0.2, 0.25) is 0 Å². The van der Waals surface area contributed by atoms with Gasteiger partial charge in [0.1, 0.15) is 11.2 Å². The number of rotatable bonds is 7. The molecule has 1 aliphatic rings. The van der Waals surface area contributed by atoms with Crippen LogP contribution >= 0.6 is 0 Å². The molecule has 0 bridgehead atoms. The minimum atomic E-state index is -1.60. The maximum Gasteiger partial charge on any atom is 0.412 e. The summed E-state index contributed by atoms with van der Waals surface area (Å²) in [6, 6.07) is 28.8. The van der Waals surface area contributed by atoms with Gasteiger partial charge < -0.3 is 18.8 Å². The zero-order valence-electron chi connectivity index (χ0n) is 22.0. The van der Waals surface area contributed by atoms with Gasteiger partial charge in [-0.3, -0.25) is 0 Å². The lowest BCUT2D eigenvalue weighted by Gasteiger charge is -2.38. The molecule has 5 nitrogen and oxygen atoms in total. The van der Waals surface area contributed by atoms with E-state index < -0.39 is 12.5 Å². The first-order chi connectivity index (χ1) is 19.1. The third-order valence-electron chi connectivity index (χ3n) is 7.67. The lowest BCUT2D eigenvalue weighted by atomic mass is 9.86. The van der Waals surface area contributed by atoms with Gasteiger partial charge in [-0.05, 0) is 41.3 Å². The summed E-state index contributed by atoms with van der Waals surface area (Å²) in [7, 11) is 0. The molecule has 1 unspecified atom stereocenters. The average Bonchev–Trinajstić information content (AvgIpc) is 3.35. The van der Waals surface area contributed by atoms with Gasteiger partial charge in [0.25, 0.3) is 0 Å². The number of carbonyl (C=O) groups excluding carboxylic acids is 1. The molecule has 200 valence electrons. The summed E-state index contributed by atoms with van der Waals surface area (Å²) in [5, 5.41) is 4.48. The molecule has 5 aromatic rings. The number of nitrogens with zero attached hydrogens (tertiary/aromatic N) is 1. The van der Waals surface area contributed by atoms with Crippen molar-refractivity contribution >= 4 is 38.8 Å². The number of benzene rings is 4. The molecule has 1 aliphatic heterocycles. The molecular formula is C33H32FNO4. The molecule has 0 aliphatic carbocycles. The van der Waals surface area contributed by atoms with Crippen molar-refractivity contribution in [2.45, 2.75) is 51.2 Å². The fraction of sp³-hybridized carbons (Fsp3) is 0.303. The van der Waals surface area contributed by atoms with E-state index in [0.29, 0.717) is 32.5 Å². The Morgan fingerprint density at radius 1 is 1.00 bits per heavy atom. The number of halogens is 1. The van der Waals surface area contributed by atoms with Crippen LogP contribution in [-0.4, -0.2) is 36.5 Å². The van der Waals surface area contributed by atoms with E-state index in [1.807, 2.05) is 37.3 Å². The van der Waals surface area contributed by atoms with Crippen LogP contribution in [0.5, 0.6) is 0 Å². The first kappa shape index (κ1) is 25.4.